The number of ether oxygens (including phenoxy) is 1. The maximum atomic E-state index is 12.4. The minimum Gasteiger partial charge on any atom is -0.406 e. The highest BCUT2D eigenvalue weighted by molar-refractivity contribution is 8.00. The van der Waals surface area contributed by atoms with E-state index in [-0.39, 0.29) is 28.4 Å². The minimum absolute atomic E-state index is 0.137. The summed E-state index contributed by atoms with van der Waals surface area (Å²) in [6, 6.07) is 12.2. The first kappa shape index (κ1) is 23.1. The van der Waals surface area contributed by atoms with E-state index >= 15 is 0 Å². The summed E-state index contributed by atoms with van der Waals surface area (Å²) in [6.07, 6.45) is -3.87. The van der Waals surface area contributed by atoms with Gasteiger partial charge >= 0.3 is 11.9 Å². The SMILES string of the molecule is FC(F)(F)Oc1cccc(SNC2CCN(Cc3ccc(SC(F)(F)F)cc3)C2)c1. The Hall–Kier alpha value is -1.56. The lowest BCUT2D eigenvalue weighted by atomic mass is 10.2. The molecule has 1 saturated heterocycles. The van der Waals surface area contributed by atoms with Crippen molar-refractivity contribution in [2.75, 3.05) is 13.1 Å². The summed E-state index contributed by atoms with van der Waals surface area (Å²) in [5, 5.41) is 0. The van der Waals surface area contributed by atoms with Crippen LogP contribution in [-0.2, 0) is 6.54 Å². The molecule has 3 nitrogen and oxygen atoms in total. The second-order valence-corrected chi connectivity index (χ2v) is 8.70. The van der Waals surface area contributed by atoms with Gasteiger partial charge in [-0.05, 0) is 66.0 Å². The topological polar surface area (TPSA) is 24.5 Å². The summed E-state index contributed by atoms with van der Waals surface area (Å²) in [7, 11) is 0. The van der Waals surface area contributed by atoms with Crippen molar-refractivity contribution in [2.45, 2.75) is 40.7 Å². The maximum Gasteiger partial charge on any atom is 0.573 e. The largest absolute Gasteiger partial charge is 0.573 e. The van der Waals surface area contributed by atoms with E-state index in [0.29, 0.717) is 11.4 Å². The highest BCUT2D eigenvalue weighted by atomic mass is 32.2. The maximum absolute atomic E-state index is 12.4. The quantitative estimate of drug-likeness (QED) is 0.302. The van der Waals surface area contributed by atoms with E-state index in [2.05, 4.69) is 14.4 Å². The molecule has 2 aromatic carbocycles. The number of nitrogens with zero attached hydrogens (tertiary/aromatic N) is 1. The molecule has 2 aromatic rings. The van der Waals surface area contributed by atoms with Crippen LogP contribution in [0, 0.1) is 0 Å². The summed E-state index contributed by atoms with van der Waals surface area (Å²) in [4.78, 5) is 2.93. The molecule has 0 radical (unpaired) electrons. The Morgan fingerprint density at radius 2 is 1.73 bits per heavy atom. The summed E-state index contributed by atoms with van der Waals surface area (Å²) in [5.41, 5.74) is -3.38. The van der Waals surface area contributed by atoms with Gasteiger partial charge in [0, 0.05) is 35.5 Å². The molecule has 0 bridgehead atoms. The number of rotatable bonds is 7. The smallest absolute Gasteiger partial charge is 0.406 e. The van der Waals surface area contributed by atoms with Crippen LogP contribution in [0.2, 0.25) is 0 Å². The first-order valence-corrected chi connectivity index (χ1v) is 10.5. The highest BCUT2D eigenvalue weighted by Crippen LogP contribution is 2.36. The van der Waals surface area contributed by atoms with Crippen LogP contribution in [0.4, 0.5) is 26.3 Å². The van der Waals surface area contributed by atoms with Crippen LogP contribution in [0.15, 0.2) is 58.3 Å². The molecule has 3 rings (SSSR count). The molecule has 30 heavy (non-hydrogen) atoms. The van der Waals surface area contributed by atoms with Gasteiger partial charge in [-0.15, -0.1) is 13.2 Å². The Labute approximate surface area is 178 Å². The van der Waals surface area contributed by atoms with Crippen molar-refractivity contribution in [3.05, 3.63) is 54.1 Å². The van der Waals surface area contributed by atoms with E-state index < -0.39 is 11.9 Å². The fourth-order valence-corrected chi connectivity index (χ4v) is 4.37. The Bertz CT molecular complexity index is 829. The molecule has 1 N–H and O–H groups in total. The molecule has 1 unspecified atom stereocenters. The van der Waals surface area contributed by atoms with Crippen molar-refractivity contribution in [3.63, 3.8) is 0 Å². The third-order valence-electron chi connectivity index (χ3n) is 4.22. The average molecular weight is 468 g/mol. The Morgan fingerprint density at radius 3 is 2.40 bits per heavy atom. The van der Waals surface area contributed by atoms with E-state index in [1.807, 2.05) is 0 Å². The van der Waals surface area contributed by atoms with Gasteiger partial charge in [0.25, 0.3) is 0 Å². The lowest BCUT2D eigenvalue weighted by Gasteiger charge is -2.17. The monoisotopic (exact) mass is 468 g/mol. The second kappa shape index (κ2) is 9.71. The number of hydrogen-bond donors (Lipinski definition) is 1. The van der Waals surface area contributed by atoms with Gasteiger partial charge in [0.05, 0.1) is 0 Å². The molecule has 0 aromatic heterocycles. The number of nitrogens with one attached hydrogen (secondary N) is 1. The van der Waals surface area contributed by atoms with Crippen molar-refractivity contribution in [1.29, 1.82) is 0 Å². The summed E-state index contributed by atoms with van der Waals surface area (Å²) < 4.78 is 81.3. The van der Waals surface area contributed by atoms with Crippen molar-refractivity contribution in [2.24, 2.45) is 0 Å². The van der Waals surface area contributed by atoms with E-state index in [9.17, 15) is 26.3 Å². The number of halogens is 6. The van der Waals surface area contributed by atoms with Gasteiger partial charge in [-0.2, -0.15) is 13.2 Å². The third kappa shape index (κ3) is 7.93. The van der Waals surface area contributed by atoms with Gasteiger partial charge in [-0.1, -0.05) is 18.2 Å². The first-order valence-electron chi connectivity index (χ1n) is 8.91. The zero-order chi connectivity index (χ0) is 21.8. The molecule has 11 heteroatoms. The van der Waals surface area contributed by atoms with Gasteiger partial charge in [-0.25, -0.2) is 0 Å². The second-order valence-electron chi connectivity index (χ2n) is 6.66. The molecule has 1 heterocycles. The van der Waals surface area contributed by atoms with Crippen molar-refractivity contribution < 1.29 is 31.1 Å². The summed E-state index contributed by atoms with van der Waals surface area (Å²) in [6.45, 7) is 2.16. The Kier molecular flexibility index (Phi) is 7.48. The van der Waals surface area contributed by atoms with Gasteiger partial charge < -0.3 is 4.74 Å². The van der Waals surface area contributed by atoms with Crippen LogP contribution in [0.3, 0.4) is 0 Å². The van der Waals surface area contributed by atoms with E-state index in [1.54, 1.807) is 18.2 Å². The average Bonchev–Trinajstić information content (AvgIpc) is 3.07. The third-order valence-corrected chi connectivity index (χ3v) is 5.90. The lowest BCUT2D eigenvalue weighted by molar-refractivity contribution is -0.274. The lowest BCUT2D eigenvalue weighted by Crippen LogP contribution is -2.28. The molecule has 164 valence electrons. The van der Waals surface area contributed by atoms with Crippen LogP contribution < -0.4 is 9.46 Å². The van der Waals surface area contributed by atoms with Gasteiger partial charge in [0.15, 0.2) is 0 Å². The number of benzene rings is 2. The zero-order valence-electron chi connectivity index (χ0n) is 15.5. The van der Waals surface area contributed by atoms with Crippen LogP contribution in [0.25, 0.3) is 0 Å². The number of thioether (sulfide) groups is 1. The van der Waals surface area contributed by atoms with Gasteiger partial charge in [0.1, 0.15) is 5.75 Å². The molecule has 0 amide bonds. The number of alkyl halides is 6. The van der Waals surface area contributed by atoms with Gasteiger partial charge in [0.2, 0.25) is 0 Å². The van der Waals surface area contributed by atoms with Crippen LogP contribution >= 0.6 is 23.7 Å². The molecular formula is C19H18F6N2OS2. The standard InChI is InChI=1S/C19H18F6N2OS2/c20-18(21,22)28-15-2-1-3-17(10-15)30-26-14-8-9-27(12-14)11-13-4-6-16(7-5-13)29-19(23,24)25/h1-7,10,14,26H,8-9,11-12H2. The molecule has 0 spiro atoms. The number of hydrogen-bond acceptors (Lipinski definition) is 5. The van der Waals surface area contributed by atoms with Crippen molar-refractivity contribution >= 4 is 23.7 Å². The van der Waals surface area contributed by atoms with Crippen LogP contribution in [0.1, 0.15) is 12.0 Å². The first-order chi connectivity index (χ1) is 14.1. The zero-order valence-corrected chi connectivity index (χ0v) is 17.1. The van der Waals surface area contributed by atoms with E-state index in [4.69, 9.17) is 0 Å². The van der Waals surface area contributed by atoms with Crippen molar-refractivity contribution in [1.82, 2.24) is 9.62 Å². The molecular weight excluding hydrogens is 450 g/mol. The van der Waals surface area contributed by atoms with E-state index in [1.165, 1.54) is 42.3 Å². The normalized spacial score (nSPS) is 18.0. The Morgan fingerprint density at radius 1 is 1.00 bits per heavy atom. The van der Waals surface area contributed by atoms with Crippen molar-refractivity contribution in [3.8, 4) is 5.75 Å². The highest BCUT2D eigenvalue weighted by Gasteiger charge is 2.31. The molecule has 0 aliphatic carbocycles. The minimum atomic E-state index is -4.73. The van der Waals surface area contributed by atoms with E-state index in [0.717, 1.165) is 25.1 Å². The fraction of sp³-hybridized carbons (Fsp3) is 0.368. The molecule has 1 fully saturated rings. The molecule has 1 aliphatic rings. The molecule has 1 atom stereocenters. The van der Waals surface area contributed by atoms with Gasteiger partial charge in [-0.3, -0.25) is 9.62 Å². The van der Waals surface area contributed by atoms with Crippen LogP contribution in [-0.4, -0.2) is 35.9 Å². The summed E-state index contributed by atoms with van der Waals surface area (Å²) in [5.74, 6) is -0.269. The molecule has 0 saturated carbocycles. The Balaban J connectivity index is 1.45. The summed E-state index contributed by atoms with van der Waals surface area (Å²) >= 11 is 1.10. The molecule has 1 aliphatic heterocycles. The fourth-order valence-electron chi connectivity index (χ4n) is 3.01. The number of likely N-dealkylation sites (tertiary alicyclic amines) is 1. The predicted octanol–water partition coefficient (Wildman–Crippen LogP) is 6.07. The van der Waals surface area contributed by atoms with Crippen LogP contribution in [0.5, 0.6) is 5.75 Å². The predicted molar refractivity (Wildman–Crippen MR) is 104 cm³/mol.